The first-order valence-electron chi connectivity index (χ1n) is 18.4. The van der Waals surface area contributed by atoms with Crippen LogP contribution in [0.4, 0.5) is 0 Å². The molecule has 49 heavy (non-hydrogen) atoms. The lowest BCUT2D eigenvalue weighted by Crippen LogP contribution is -2.23. The number of nitrogens with zero attached hydrogens (tertiary/aromatic N) is 3. The van der Waals surface area contributed by atoms with Crippen LogP contribution in [-0.4, -0.2) is 51.1 Å². The Kier molecular flexibility index (Phi) is 15.5. The Morgan fingerprint density at radius 2 is 1.04 bits per heavy atom. The van der Waals surface area contributed by atoms with Crippen LogP contribution in [0.2, 0.25) is 0 Å². The monoisotopic (exact) mass is 667 g/mol. The minimum absolute atomic E-state index is 0.0143. The first kappa shape index (κ1) is 38.0. The molecule has 0 bridgehead atoms. The lowest BCUT2D eigenvalue weighted by atomic mass is 10.0. The molecule has 4 rings (SSSR count). The molecule has 1 heterocycles. The molecule has 0 saturated carbocycles. The van der Waals surface area contributed by atoms with Crippen molar-refractivity contribution < 1.29 is 19.7 Å². The van der Waals surface area contributed by atoms with E-state index >= 15 is 0 Å². The molecular weight excluding hydrogens is 610 g/mol. The van der Waals surface area contributed by atoms with Crippen molar-refractivity contribution in [3.63, 3.8) is 0 Å². The molecule has 0 saturated heterocycles. The average Bonchev–Trinajstić information content (AvgIpc) is 3.07. The summed E-state index contributed by atoms with van der Waals surface area (Å²) >= 11 is 0. The fourth-order valence-corrected chi connectivity index (χ4v) is 6.16. The quantitative estimate of drug-likeness (QED) is 0.0854. The van der Waals surface area contributed by atoms with Crippen LogP contribution in [0.3, 0.4) is 0 Å². The largest absolute Gasteiger partial charge is 0.507 e. The van der Waals surface area contributed by atoms with Gasteiger partial charge in [0.25, 0.3) is 0 Å². The fraction of sp³-hybridized carbons (Fsp3) is 0.500. The number of ether oxygens (including phenoxy) is 2. The number of benzene rings is 3. The number of hydrogen-bond donors (Lipinski definition) is 2. The van der Waals surface area contributed by atoms with E-state index in [2.05, 4.69) is 32.9 Å². The third-order valence-electron chi connectivity index (χ3n) is 8.99. The fourth-order valence-electron chi connectivity index (χ4n) is 6.16. The number of aromatic nitrogens is 3. The van der Waals surface area contributed by atoms with Gasteiger partial charge in [0, 0.05) is 23.8 Å². The van der Waals surface area contributed by atoms with E-state index in [1.165, 1.54) is 70.3 Å². The van der Waals surface area contributed by atoms with E-state index in [0.29, 0.717) is 35.4 Å². The van der Waals surface area contributed by atoms with Gasteiger partial charge in [-0.25, -0.2) is 15.0 Å². The molecule has 1 aromatic heterocycles. The number of unbranched alkanes of at least 4 members (excludes halogenated alkanes) is 11. The molecule has 0 aliphatic rings. The van der Waals surface area contributed by atoms with E-state index in [1.807, 2.05) is 38.1 Å². The van der Waals surface area contributed by atoms with Crippen molar-refractivity contribution in [1.82, 2.24) is 15.0 Å². The molecule has 3 aromatic carbocycles. The smallest absolute Gasteiger partial charge is 0.167 e. The summed E-state index contributed by atoms with van der Waals surface area (Å²) in [4.78, 5) is 14.5. The molecule has 4 aromatic rings. The van der Waals surface area contributed by atoms with E-state index in [1.54, 1.807) is 12.1 Å². The van der Waals surface area contributed by atoms with Crippen molar-refractivity contribution in [2.75, 3.05) is 19.8 Å². The molecule has 7 nitrogen and oxygen atoms in total. The average molecular weight is 668 g/mol. The SMILES string of the molecule is CCCCCCCCCCCCCCOCC(O)COc1ccc(-c2nc(-c3ccc(C)cc3C)nc(-c3ccc(C)cc3C)n2)c(O)c1. The standard InChI is InChI=1S/C42H57N3O4/c1-6-7-8-9-10-11-12-13-14-15-16-17-24-48-28-34(46)29-49-35-20-23-38(39(47)27-35)42-44-40(36-21-18-30(2)25-32(36)4)43-41(45-42)37-22-19-31(3)26-33(37)5/h18-23,25-27,34,46-47H,6-17,24,28-29H2,1-5H3. The number of aromatic hydroxyl groups is 1. The van der Waals surface area contributed by atoms with Crippen molar-refractivity contribution in [1.29, 1.82) is 0 Å². The molecule has 0 fully saturated rings. The molecule has 0 amide bonds. The molecule has 1 unspecified atom stereocenters. The van der Waals surface area contributed by atoms with Gasteiger partial charge in [-0.05, 0) is 57.4 Å². The van der Waals surface area contributed by atoms with Gasteiger partial charge in [-0.2, -0.15) is 0 Å². The third kappa shape index (κ3) is 12.2. The second kappa shape index (κ2) is 20.0. The normalized spacial score (nSPS) is 12.0. The second-order valence-corrected chi connectivity index (χ2v) is 13.6. The summed E-state index contributed by atoms with van der Waals surface area (Å²) in [5, 5.41) is 21.5. The minimum Gasteiger partial charge on any atom is -0.507 e. The maximum absolute atomic E-state index is 11.1. The molecule has 1 atom stereocenters. The molecule has 2 N–H and O–H groups in total. The number of phenols is 1. The van der Waals surface area contributed by atoms with Gasteiger partial charge in [0.2, 0.25) is 0 Å². The molecule has 7 heteroatoms. The zero-order valence-corrected chi connectivity index (χ0v) is 30.4. The number of aliphatic hydroxyl groups is 1. The molecule has 0 spiro atoms. The summed E-state index contributed by atoms with van der Waals surface area (Å²) in [5.41, 5.74) is 6.74. The summed E-state index contributed by atoms with van der Waals surface area (Å²) in [6.45, 7) is 11.4. The van der Waals surface area contributed by atoms with Crippen LogP contribution >= 0.6 is 0 Å². The number of aryl methyl sites for hydroxylation is 4. The molecular formula is C42H57N3O4. The van der Waals surface area contributed by atoms with Crippen molar-refractivity contribution in [3.05, 3.63) is 76.9 Å². The highest BCUT2D eigenvalue weighted by Crippen LogP contribution is 2.34. The first-order valence-corrected chi connectivity index (χ1v) is 18.4. The first-order chi connectivity index (χ1) is 23.7. The van der Waals surface area contributed by atoms with Crippen molar-refractivity contribution >= 4 is 0 Å². The number of hydrogen-bond acceptors (Lipinski definition) is 7. The highest BCUT2D eigenvalue weighted by Gasteiger charge is 2.18. The third-order valence-corrected chi connectivity index (χ3v) is 8.99. The van der Waals surface area contributed by atoms with E-state index in [9.17, 15) is 10.2 Å². The Morgan fingerprint density at radius 1 is 0.571 bits per heavy atom. The topological polar surface area (TPSA) is 97.6 Å². The van der Waals surface area contributed by atoms with E-state index in [-0.39, 0.29) is 19.0 Å². The van der Waals surface area contributed by atoms with E-state index in [4.69, 9.17) is 24.4 Å². The summed E-state index contributed by atoms with van der Waals surface area (Å²) in [7, 11) is 0. The number of aliphatic hydroxyl groups excluding tert-OH is 1. The Bertz CT molecular complexity index is 1540. The van der Waals surface area contributed by atoms with Gasteiger partial charge in [-0.3, -0.25) is 0 Å². The lowest BCUT2D eigenvalue weighted by molar-refractivity contribution is 0.0109. The summed E-state index contributed by atoms with van der Waals surface area (Å²) in [6, 6.07) is 17.4. The molecule has 0 aliphatic carbocycles. The highest BCUT2D eigenvalue weighted by atomic mass is 16.5. The van der Waals surface area contributed by atoms with Crippen molar-refractivity contribution in [3.8, 4) is 45.7 Å². The van der Waals surface area contributed by atoms with Crippen LogP contribution in [0.15, 0.2) is 54.6 Å². The predicted molar refractivity (Wildman–Crippen MR) is 200 cm³/mol. The van der Waals surface area contributed by atoms with Gasteiger partial charge in [0.15, 0.2) is 17.5 Å². The summed E-state index contributed by atoms with van der Waals surface area (Å²) in [5.74, 6) is 1.89. The Balaban J connectivity index is 1.28. The van der Waals surface area contributed by atoms with Gasteiger partial charge >= 0.3 is 0 Å². The van der Waals surface area contributed by atoms with E-state index in [0.717, 1.165) is 46.2 Å². The van der Waals surface area contributed by atoms with Crippen LogP contribution in [0.25, 0.3) is 34.2 Å². The van der Waals surface area contributed by atoms with Crippen LogP contribution in [-0.2, 0) is 4.74 Å². The second-order valence-electron chi connectivity index (χ2n) is 13.6. The van der Waals surface area contributed by atoms with Gasteiger partial charge in [-0.15, -0.1) is 0 Å². The number of phenolic OH excluding ortho intramolecular Hbond substituents is 1. The lowest BCUT2D eigenvalue weighted by Gasteiger charge is -2.14. The van der Waals surface area contributed by atoms with Gasteiger partial charge in [0.1, 0.15) is 24.2 Å². The Morgan fingerprint density at radius 3 is 1.53 bits per heavy atom. The molecule has 264 valence electrons. The van der Waals surface area contributed by atoms with Crippen molar-refractivity contribution in [2.24, 2.45) is 0 Å². The van der Waals surface area contributed by atoms with Crippen LogP contribution in [0, 0.1) is 27.7 Å². The zero-order chi connectivity index (χ0) is 35.0. The molecule has 0 radical (unpaired) electrons. The van der Waals surface area contributed by atoms with Gasteiger partial charge < -0.3 is 19.7 Å². The van der Waals surface area contributed by atoms with Gasteiger partial charge in [0.05, 0.1) is 12.2 Å². The Labute approximate surface area is 294 Å². The van der Waals surface area contributed by atoms with Crippen LogP contribution in [0.5, 0.6) is 11.5 Å². The van der Waals surface area contributed by atoms with E-state index < -0.39 is 6.10 Å². The zero-order valence-electron chi connectivity index (χ0n) is 30.4. The van der Waals surface area contributed by atoms with Crippen molar-refractivity contribution in [2.45, 2.75) is 118 Å². The summed E-state index contributed by atoms with van der Waals surface area (Å²) < 4.78 is 11.5. The predicted octanol–water partition coefficient (Wildman–Crippen LogP) is 10.3. The van der Waals surface area contributed by atoms with Crippen LogP contribution < -0.4 is 4.74 Å². The summed E-state index contributed by atoms with van der Waals surface area (Å²) in [6.07, 6.45) is 14.9. The van der Waals surface area contributed by atoms with Gasteiger partial charge in [-0.1, -0.05) is 125 Å². The maximum Gasteiger partial charge on any atom is 0.167 e. The highest BCUT2D eigenvalue weighted by molar-refractivity contribution is 5.72. The van der Waals surface area contributed by atoms with Crippen LogP contribution in [0.1, 0.15) is 106 Å². The Hall–Kier alpha value is -3.81. The minimum atomic E-state index is -0.761. The molecule has 0 aliphatic heterocycles. The number of rotatable bonds is 21. The maximum atomic E-state index is 11.1.